The summed E-state index contributed by atoms with van der Waals surface area (Å²) in [4.78, 5) is 12.4. The van der Waals surface area contributed by atoms with E-state index >= 15 is 0 Å². The standard InChI is InChI=1S/C12H15Cl2NO3/c1-8(12(16)17)15(2)5-6-18-11-4-3-9(13)7-10(11)14/h3-4,7-8H,5-6H2,1-2H3,(H,16,17). The highest BCUT2D eigenvalue weighted by atomic mass is 35.5. The van der Waals surface area contributed by atoms with E-state index in [4.69, 9.17) is 33.0 Å². The number of carboxylic acids is 1. The molecule has 0 aliphatic carbocycles. The summed E-state index contributed by atoms with van der Waals surface area (Å²) < 4.78 is 5.47. The normalized spacial score (nSPS) is 12.5. The first-order chi connectivity index (χ1) is 8.41. The molecular weight excluding hydrogens is 277 g/mol. The third-order valence-corrected chi connectivity index (χ3v) is 3.14. The molecule has 0 saturated carbocycles. The van der Waals surface area contributed by atoms with Gasteiger partial charge >= 0.3 is 5.97 Å². The number of nitrogens with zero attached hydrogens (tertiary/aromatic N) is 1. The van der Waals surface area contributed by atoms with E-state index in [2.05, 4.69) is 0 Å². The summed E-state index contributed by atoms with van der Waals surface area (Å²) in [6, 6.07) is 4.42. The molecular formula is C12H15Cl2NO3. The number of carboxylic acid groups (broad SMARTS) is 1. The molecule has 1 N–H and O–H groups in total. The van der Waals surface area contributed by atoms with Crippen LogP contribution in [0.25, 0.3) is 0 Å². The zero-order chi connectivity index (χ0) is 13.7. The summed E-state index contributed by atoms with van der Waals surface area (Å²) in [5, 5.41) is 9.81. The second kappa shape index (κ2) is 6.83. The minimum atomic E-state index is -0.859. The van der Waals surface area contributed by atoms with Crippen molar-refractivity contribution in [1.82, 2.24) is 4.90 Å². The van der Waals surface area contributed by atoms with Crippen molar-refractivity contribution in [3.63, 3.8) is 0 Å². The first kappa shape index (κ1) is 15.1. The Hall–Kier alpha value is -0.970. The number of benzene rings is 1. The van der Waals surface area contributed by atoms with Crippen molar-refractivity contribution in [2.45, 2.75) is 13.0 Å². The quantitative estimate of drug-likeness (QED) is 0.876. The molecule has 1 rings (SSSR count). The van der Waals surface area contributed by atoms with Crippen LogP contribution in [0.5, 0.6) is 5.75 Å². The largest absolute Gasteiger partial charge is 0.491 e. The van der Waals surface area contributed by atoms with Crippen molar-refractivity contribution in [2.75, 3.05) is 20.2 Å². The van der Waals surface area contributed by atoms with Crippen LogP contribution in [0, 0.1) is 0 Å². The average Bonchev–Trinajstić information content (AvgIpc) is 2.30. The number of aliphatic carboxylic acids is 1. The first-order valence-corrected chi connectivity index (χ1v) is 6.18. The highest BCUT2D eigenvalue weighted by Gasteiger charge is 2.16. The lowest BCUT2D eigenvalue weighted by Crippen LogP contribution is -2.38. The molecule has 0 aliphatic rings. The molecule has 1 aromatic carbocycles. The van der Waals surface area contributed by atoms with Gasteiger partial charge in [-0.1, -0.05) is 23.2 Å². The molecule has 1 aromatic rings. The number of likely N-dealkylation sites (N-methyl/N-ethyl adjacent to an activating group) is 1. The molecule has 6 heteroatoms. The zero-order valence-electron chi connectivity index (χ0n) is 10.2. The Morgan fingerprint density at radius 1 is 1.50 bits per heavy atom. The maximum absolute atomic E-state index is 10.7. The molecule has 0 saturated heterocycles. The van der Waals surface area contributed by atoms with Crippen molar-refractivity contribution in [2.24, 2.45) is 0 Å². The van der Waals surface area contributed by atoms with Gasteiger partial charge in [-0.05, 0) is 32.2 Å². The summed E-state index contributed by atoms with van der Waals surface area (Å²) in [6.45, 7) is 2.47. The molecule has 0 heterocycles. The van der Waals surface area contributed by atoms with E-state index in [0.29, 0.717) is 28.9 Å². The van der Waals surface area contributed by atoms with Gasteiger partial charge in [0.2, 0.25) is 0 Å². The lowest BCUT2D eigenvalue weighted by atomic mass is 10.3. The Morgan fingerprint density at radius 3 is 2.72 bits per heavy atom. The first-order valence-electron chi connectivity index (χ1n) is 5.42. The van der Waals surface area contributed by atoms with E-state index in [0.717, 1.165) is 0 Å². The van der Waals surface area contributed by atoms with Crippen LogP contribution in [0.15, 0.2) is 18.2 Å². The molecule has 0 bridgehead atoms. The minimum Gasteiger partial charge on any atom is -0.491 e. The highest BCUT2D eigenvalue weighted by molar-refractivity contribution is 6.35. The summed E-state index contributed by atoms with van der Waals surface area (Å²) >= 11 is 11.7. The number of ether oxygens (including phenoxy) is 1. The van der Waals surface area contributed by atoms with Crippen LogP contribution < -0.4 is 4.74 Å². The molecule has 100 valence electrons. The van der Waals surface area contributed by atoms with Crippen LogP contribution in [0.4, 0.5) is 0 Å². The van der Waals surface area contributed by atoms with E-state index in [1.807, 2.05) is 0 Å². The van der Waals surface area contributed by atoms with E-state index < -0.39 is 12.0 Å². The number of carbonyl (C=O) groups is 1. The fourth-order valence-corrected chi connectivity index (χ4v) is 1.74. The van der Waals surface area contributed by atoms with Crippen LogP contribution in [0.3, 0.4) is 0 Å². The van der Waals surface area contributed by atoms with Crippen molar-refractivity contribution in [3.05, 3.63) is 28.2 Å². The topological polar surface area (TPSA) is 49.8 Å². The average molecular weight is 292 g/mol. The van der Waals surface area contributed by atoms with Gasteiger partial charge in [0.05, 0.1) is 5.02 Å². The molecule has 0 spiro atoms. The molecule has 0 aliphatic heterocycles. The number of rotatable bonds is 6. The fraction of sp³-hybridized carbons (Fsp3) is 0.417. The summed E-state index contributed by atoms with van der Waals surface area (Å²) in [5.41, 5.74) is 0. The predicted molar refractivity (Wildman–Crippen MR) is 71.7 cm³/mol. The number of hydrogen-bond acceptors (Lipinski definition) is 3. The Balaban J connectivity index is 2.44. The maximum Gasteiger partial charge on any atom is 0.320 e. The van der Waals surface area contributed by atoms with Crippen LogP contribution in [0.2, 0.25) is 10.0 Å². The van der Waals surface area contributed by atoms with Crippen molar-refractivity contribution in [3.8, 4) is 5.75 Å². The second-order valence-electron chi connectivity index (χ2n) is 3.92. The molecule has 1 atom stereocenters. The van der Waals surface area contributed by atoms with Gasteiger partial charge in [0.15, 0.2) is 0 Å². The van der Waals surface area contributed by atoms with Gasteiger partial charge in [-0.2, -0.15) is 0 Å². The second-order valence-corrected chi connectivity index (χ2v) is 4.76. The van der Waals surface area contributed by atoms with Gasteiger partial charge in [0.1, 0.15) is 18.4 Å². The Labute approximate surface area is 116 Å². The third-order valence-electron chi connectivity index (χ3n) is 2.61. The van der Waals surface area contributed by atoms with Gasteiger partial charge in [0, 0.05) is 11.6 Å². The molecule has 1 unspecified atom stereocenters. The highest BCUT2D eigenvalue weighted by Crippen LogP contribution is 2.27. The van der Waals surface area contributed by atoms with Crippen LogP contribution in [-0.2, 0) is 4.79 Å². The van der Waals surface area contributed by atoms with Crippen molar-refractivity contribution >= 4 is 29.2 Å². The molecule has 0 amide bonds. The van der Waals surface area contributed by atoms with Gasteiger partial charge < -0.3 is 9.84 Å². The van der Waals surface area contributed by atoms with E-state index in [9.17, 15) is 4.79 Å². The predicted octanol–water partition coefficient (Wildman–Crippen LogP) is 2.78. The van der Waals surface area contributed by atoms with Crippen LogP contribution in [-0.4, -0.2) is 42.2 Å². The Bertz CT molecular complexity index is 426. The lowest BCUT2D eigenvalue weighted by molar-refractivity contribution is -0.142. The maximum atomic E-state index is 10.7. The van der Waals surface area contributed by atoms with Gasteiger partial charge in [-0.3, -0.25) is 9.69 Å². The van der Waals surface area contributed by atoms with Crippen molar-refractivity contribution < 1.29 is 14.6 Å². The Kier molecular flexibility index (Phi) is 5.72. The summed E-state index contributed by atoms with van der Waals surface area (Å²) in [5.74, 6) is -0.320. The SMILES string of the molecule is CC(C(=O)O)N(C)CCOc1ccc(Cl)cc1Cl. The van der Waals surface area contributed by atoms with Crippen LogP contribution in [0.1, 0.15) is 6.92 Å². The molecule has 18 heavy (non-hydrogen) atoms. The molecule has 0 radical (unpaired) electrons. The smallest absolute Gasteiger partial charge is 0.320 e. The number of hydrogen-bond donors (Lipinski definition) is 1. The monoisotopic (exact) mass is 291 g/mol. The fourth-order valence-electron chi connectivity index (χ4n) is 1.27. The molecule has 4 nitrogen and oxygen atoms in total. The van der Waals surface area contributed by atoms with Gasteiger partial charge in [-0.25, -0.2) is 0 Å². The van der Waals surface area contributed by atoms with E-state index in [-0.39, 0.29) is 0 Å². The Morgan fingerprint density at radius 2 is 2.17 bits per heavy atom. The van der Waals surface area contributed by atoms with Gasteiger partial charge in [0.25, 0.3) is 0 Å². The van der Waals surface area contributed by atoms with Crippen LogP contribution >= 0.6 is 23.2 Å². The van der Waals surface area contributed by atoms with Gasteiger partial charge in [-0.15, -0.1) is 0 Å². The summed E-state index contributed by atoms with van der Waals surface area (Å²) in [7, 11) is 1.73. The van der Waals surface area contributed by atoms with E-state index in [1.165, 1.54) is 0 Å². The molecule has 0 fully saturated rings. The minimum absolute atomic E-state index is 0.357. The molecule has 0 aromatic heterocycles. The lowest BCUT2D eigenvalue weighted by Gasteiger charge is -2.21. The van der Waals surface area contributed by atoms with E-state index in [1.54, 1.807) is 37.1 Å². The summed E-state index contributed by atoms with van der Waals surface area (Å²) in [6.07, 6.45) is 0. The zero-order valence-corrected chi connectivity index (χ0v) is 11.7. The third kappa shape index (κ3) is 4.37. The van der Waals surface area contributed by atoms with Crippen molar-refractivity contribution in [1.29, 1.82) is 0 Å². The number of halogens is 2.